The van der Waals surface area contributed by atoms with Crippen molar-refractivity contribution >= 4 is 29.9 Å². The topological polar surface area (TPSA) is 36.9 Å². The number of hydrogen-bond acceptors (Lipinski definition) is 2. The van der Waals surface area contributed by atoms with Gasteiger partial charge in [-0.25, -0.2) is 0 Å². The monoisotopic (exact) mass is 343 g/mol. The third-order valence-electron chi connectivity index (χ3n) is 2.23. The Morgan fingerprint density at radius 1 is 1.38 bits per heavy atom. The fraction of sp³-hybridized carbons (Fsp3) is 0.909. The first-order chi connectivity index (χ1) is 7.26. The standard InChI is InChI=1S/C11H25N3O.HI/c1-5-6-9-14(3)11(12-2)13-8-7-10-15-4;/h5-10H2,1-4H3,(H,12,13);1H. The zero-order chi connectivity index (χ0) is 11.5. The van der Waals surface area contributed by atoms with Gasteiger partial charge in [-0.05, 0) is 12.8 Å². The van der Waals surface area contributed by atoms with Crippen molar-refractivity contribution < 1.29 is 4.74 Å². The van der Waals surface area contributed by atoms with Crippen molar-refractivity contribution in [2.45, 2.75) is 26.2 Å². The Balaban J connectivity index is 0. The number of halogens is 1. The van der Waals surface area contributed by atoms with E-state index in [1.807, 2.05) is 7.05 Å². The van der Waals surface area contributed by atoms with E-state index in [-0.39, 0.29) is 24.0 Å². The SMILES string of the molecule is CCCCN(C)C(=NC)NCCCOC.I. The van der Waals surface area contributed by atoms with Crippen LogP contribution in [0.5, 0.6) is 0 Å². The number of guanidine groups is 1. The summed E-state index contributed by atoms with van der Waals surface area (Å²) in [6, 6.07) is 0. The molecule has 0 aromatic rings. The van der Waals surface area contributed by atoms with Crippen LogP contribution in [0.15, 0.2) is 4.99 Å². The van der Waals surface area contributed by atoms with E-state index < -0.39 is 0 Å². The average Bonchev–Trinajstić information content (AvgIpc) is 2.26. The summed E-state index contributed by atoms with van der Waals surface area (Å²) in [6.45, 7) is 4.96. The van der Waals surface area contributed by atoms with Gasteiger partial charge in [0.1, 0.15) is 0 Å². The highest BCUT2D eigenvalue weighted by atomic mass is 127. The zero-order valence-corrected chi connectivity index (χ0v) is 13.3. The van der Waals surface area contributed by atoms with E-state index in [1.54, 1.807) is 7.11 Å². The molecule has 0 fully saturated rings. The molecule has 0 aromatic heterocycles. The lowest BCUT2D eigenvalue weighted by molar-refractivity contribution is 0.195. The van der Waals surface area contributed by atoms with Crippen molar-refractivity contribution in [2.75, 3.05) is 40.9 Å². The van der Waals surface area contributed by atoms with Crippen molar-refractivity contribution in [1.29, 1.82) is 0 Å². The third-order valence-corrected chi connectivity index (χ3v) is 2.23. The Bertz CT molecular complexity index is 177. The summed E-state index contributed by atoms with van der Waals surface area (Å²) < 4.78 is 4.99. The first-order valence-corrected chi connectivity index (χ1v) is 5.67. The minimum Gasteiger partial charge on any atom is -0.385 e. The van der Waals surface area contributed by atoms with E-state index in [1.165, 1.54) is 12.8 Å². The Hall–Kier alpha value is -0.0400. The molecule has 98 valence electrons. The molecule has 5 heteroatoms. The van der Waals surface area contributed by atoms with E-state index in [4.69, 9.17) is 4.74 Å². The maximum absolute atomic E-state index is 4.99. The van der Waals surface area contributed by atoms with E-state index in [2.05, 4.69) is 29.2 Å². The number of nitrogens with one attached hydrogen (secondary N) is 1. The maximum Gasteiger partial charge on any atom is 0.193 e. The van der Waals surface area contributed by atoms with Crippen molar-refractivity contribution in [2.24, 2.45) is 4.99 Å². The molecule has 0 spiro atoms. The molecule has 1 N–H and O–H groups in total. The minimum atomic E-state index is 0. The van der Waals surface area contributed by atoms with Gasteiger partial charge in [0.05, 0.1) is 0 Å². The lowest BCUT2D eigenvalue weighted by Crippen LogP contribution is -2.39. The van der Waals surface area contributed by atoms with Crippen LogP contribution >= 0.6 is 24.0 Å². The summed E-state index contributed by atoms with van der Waals surface area (Å²) in [6.07, 6.45) is 3.43. The van der Waals surface area contributed by atoms with Gasteiger partial charge in [-0.2, -0.15) is 0 Å². The van der Waals surface area contributed by atoms with Crippen LogP contribution in [-0.4, -0.2) is 51.8 Å². The first kappa shape index (κ1) is 18.3. The smallest absolute Gasteiger partial charge is 0.193 e. The van der Waals surface area contributed by atoms with Crippen LogP contribution in [0.2, 0.25) is 0 Å². The fourth-order valence-electron chi connectivity index (χ4n) is 1.30. The molecule has 0 saturated heterocycles. The van der Waals surface area contributed by atoms with E-state index >= 15 is 0 Å². The van der Waals surface area contributed by atoms with Gasteiger partial charge in [-0.15, -0.1) is 24.0 Å². The predicted octanol–water partition coefficient (Wildman–Crippen LogP) is 1.95. The molecule has 0 rings (SSSR count). The van der Waals surface area contributed by atoms with Gasteiger partial charge in [0, 0.05) is 40.9 Å². The predicted molar refractivity (Wildman–Crippen MR) is 80.8 cm³/mol. The highest BCUT2D eigenvalue weighted by molar-refractivity contribution is 14.0. The highest BCUT2D eigenvalue weighted by Gasteiger charge is 2.03. The molecule has 0 heterocycles. The van der Waals surface area contributed by atoms with Crippen molar-refractivity contribution in [1.82, 2.24) is 10.2 Å². The Morgan fingerprint density at radius 3 is 2.56 bits per heavy atom. The second-order valence-corrected chi connectivity index (χ2v) is 3.60. The molecular weight excluding hydrogens is 317 g/mol. The van der Waals surface area contributed by atoms with Crippen LogP contribution in [0.1, 0.15) is 26.2 Å². The Kier molecular flexibility index (Phi) is 14.9. The second kappa shape index (κ2) is 13.0. The van der Waals surface area contributed by atoms with Crippen LogP contribution in [0.25, 0.3) is 0 Å². The largest absolute Gasteiger partial charge is 0.385 e. The number of unbranched alkanes of at least 4 members (excludes halogenated alkanes) is 1. The molecule has 0 aromatic carbocycles. The van der Waals surface area contributed by atoms with Gasteiger partial charge >= 0.3 is 0 Å². The maximum atomic E-state index is 4.99. The highest BCUT2D eigenvalue weighted by Crippen LogP contribution is 1.92. The molecule has 0 unspecified atom stereocenters. The number of methoxy groups -OCH3 is 1. The zero-order valence-electron chi connectivity index (χ0n) is 11.0. The Labute approximate surface area is 117 Å². The molecule has 0 bridgehead atoms. The van der Waals surface area contributed by atoms with Crippen LogP contribution in [0.4, 0.5) is 0 Å². The second-order valence-electron chi connectivity index (χ2n) is 3.60. The van der Waals surface area contributed by atoms with E-state index in [0.29, 0.717) is 0 Å². The number of aliphatic imine (C=N–C) groups is 1. The van der Waals surface area contributed by atoms with Gasteiger partial charge < -0.3 is 15.0 Å². The molecular formula is C11H26IN3O. The molecule has 4 nitrogen and oxygen atoms in total. The molecule has 0 aliphatic rings. The average molecular weight is 343 g/mol. The lowest BCUT2D eigenvalue weighted by atomic mass is 10.3. The number of ether oxygens (including phenoxy) is 1. The summed E-state index contributed by atoms with van der Waals surface area (Å²) in [5.41, 5.74) is 0. The normalized spacial score (nSPS) is 10.9. The summed E-state index contributed by atoms with van der Waals surface area (Å²) in [4.78, 5) is 6.39. The number of hydrogen-bond donors (Lipinski definition) is 1. The number of rotatable bonds is 7. The lowest BCUT2D eigenvalue weighted by Gasteiger charge is -2.21. The number of nitrogens with zero attached hydrogens (tertiary/aromatic N) is 2. The van der Waals surface area contributed by atoms with E-state index in [9.17, 15) is 0 Å². The van der Waals surface area contributed by atoms with Gasteiger partial charge in [0.15, 0.2) is 5.96 Å². The molecule has 0 atom stereocenters. The van der Waals surface area contributed by atoms with Crippen molar-refractivity contribution in [3.8, 4) is 0 Å². The summed E-state index contributed by atoms with van der Waals surface area (Å²) in [5.74, 6) is 0.972. The summed E-state index contributed by atoms with van der Waals surface area (Å²) in [7, 11) is 5.62. The molecule has 0 aliphatic carbocycles. The molecule has 0 saturated carbocycles. The third kappa shape index (κ3) is 9.21. The molecule has 0 amide bonds. The van der Waals surface area contributed by atoms with Gasteiger partial charge in [-0.3, -0.25) is 4.99 Å². The molecule has 0 aliphatic heterocycles. The summed E-state index contributed by atoms with van der Waals surface area (Å²) >= 11 is 0. The minimum absolute atomic E-state index is 0. The van der Waals surface area contributed by atoms with Crippen molar-refractivity contribution in [3.05, 3.63) is 0 Å². The van der Waals surface area contributed by atoms with Crippen molar-refractivity contribution in [3.63, 3.8) is 0 Å². The fourth-order valence-corrected chi connectivity index (χ4v) is 1.30. The van der Waals surface area contributed by atoms with E-state index in [0.717, 1.165) is 32.1 Å². The molecule has 16 heavy (non-hydrogen) atoms. The van der Waals surface area contributed by atoms with Crippen LogP contribution < -0.4 is 5.32 Å². The van der Waals surface area contributed by atoms with Gasteiger partial charge in [-0.1, -0.05) is 13.3 Å². The quantitative estimate of drug-likeness (QED) is 0.332. The first-order valence-electron chi connectivity index (χ1n) is 5.67. The van der Waals surface area contributed by atoms with Crippen LogP contribution in [0.3, 0.4) is 0 Å². The van der Waals surface area contributed by atoms with Gasteiger partial charge in [0.25, 0.3) is 0 Å². The van der Waals surface area contributed by atoms with Crippen LogP contribution in [0, 0.1) is 0 Å². The molecule has 0 radical (unpaired) electrons. The Morgan fingerprint density at radius 2 is 2.06 bits per heavy atom. The van der Waals surface area contributed by atoms with Gasteiger partial charge in [0.2, 0.25) is 0 Å². The van der Waals surface area contributed by atoms with Crippen LogP contribution in [-0.2, 0) is 4.74 Å². The summed E-state index contributed by atoms with van der Waals surface area (Å²) in [5, 5.41) is 3.31.